The molecule has 0 aliphatic heterocycles. The first-order valence-corrected chi connectivity index (χ1v) is 8.41. The molecule has 1 saturated carbocycles. The average Bonchev–Trinajstić information content (AvgIpc) is 2.35. The molecular weight excluding hydrogens is 357 g/mol. The second-order valence-electron chi connectivity index (χ2n) is 3.85. The first-order valence-electron chi connectivity index (χ1n) is 5.12. The molecule has 0 aromatic carbocycles. The standard InChI is InChI=1S/C6H9O12P3/c7-1-2(8)4(16-19(10)11)6(18-21(14)15)5(3(1)9)17-20(12)13/h1-9H/t1?,2-,3+,4-,5-,6?/m0/s1. The Morgan fingerprint density at radius 3 is 1.19 bits per heavy atom. The summed E-state index contributed by atoms with van der Waals surface area (Å²) in [6, 6.07) is 0. The van der Waals surface area contributed by atoms with E-state index in [4.69, 9.17) is 0 Å². The molecule has 0 spiro atoms. The summed E-state index contributed by atoms with van der Waals surface area (Å²) in [5.41, 5.74) is 0. The molecule has 21 heavy (non-hydrogen) atoms. The van der Waals surface area contributed by atoms with Crippen LogP contribution in [0, 0.1) is 0 Å². The number of rotatable bonds is 6. The molecule has 0 aromatic heterocycles. The Labute approximate surface area is 119 Å². The Morgan fingerprint density at radius 1 is 0.619 bits per heavy atom. The van der Waals surface area contributed by atoms with E-state index in [9.17, 15) is 43.7 Å². The van der Waals surface area contributed by atoms with E-state index in [1.165, 1.54) is 0 Å². The smallest absolute Gasteiger partial charge is 0.488 e. The lowest BCUT2D eigenvalue weighted by Crippen LogP contribution is -2.64. The van der Waals surface area contributed by atoms with Gasteiger partial charge in [0.2, 0.25) is 0 Å². The van der Waals surface area contributed by atoms with Gasteiger partial charge >= 0.3 is 24.8 Å². The van der Waals surface area contributed by atoms with Crippen molar-refractivity contribution in [3.05, 3.63) is 0 Å². The number of hydrogen-bond acceptors (Lipinski definition) is 12. The van der Waals surface area contributed by atoms with Gasteiger partial charge in [0.15, 0.2) is 18.3 Å². The van der Waals surface area contributed by atoms with Crippen LogP contribution in [0.4, 0.5) is 0 Å². The van der Waals surface area contributed by atoms with Gasteiger partial charge in [-0.3, -0.25) is 0 Å². The normalized spacial score (nSPS) is 38.9. The van der Waals surface area contributed by atoms with Gasteiger partial charge in [0.25, 0.3) is 0 Å². The maximum atomic E-state index is 10.6. The fraction of sp³-hybridized carbons (Fsp3) is 1.00. The topological polar surface area (TPSA) is 209 Å². The van der Waals surface area contributed by atoms with Crippen molar-refractivity contribution in [2.24, 2.45) is 0 Å². The van der Waals surface area contributed by atoms with Crippen molar-refractivity contribution in [1.29, 1.82) is 0 Å². The van der Waals surface area contributed by atoms with Crippen LogP contribution in [0.5, 0.6) is 0 Å². The van der Waals surface area contributed by atoms with Crippen molar-refractivity contribution >= 4 is 24.8 Å². The zero-order valence-corrected chi connectivity index (χ0v) is 12.5. The van der Waals surface area contributed by atoms with Gasteiger partial charge in [-0.1, -0.05) is 0 Å². The molecular formula is C6H9O12P3. The average molecular weight is 366 g/mol. The summed E-state index contributed by atoms with van der Waals surface area (Å²) in [7, 11) is -10.9. The van der Waals surface area contributed by atoms with Crippen LogP contribution in [0.25, 0.3) is 0 Å². The highest BCUT2D eigenvalue weighted by Crippen LogP contribution is 2.37. The molecule has 1 rings (SSSR count). The van der Waals surface area contributed by atoms with E-state index in [1.54, 1.807) is 0 Å². The van der Waals surface area contributed by atoms with Gasteiger partial charge in [0, 0.05) is 0 Å². The Hall–Kier alpha value is -0.0600. The summed E-state index contributed by atoms with van der Waals surface area (Å²) in [5, 5.41) is 28.7. The van der Waals surface area contributed by atoms with Crippen molar-refractivity contribution in [3.8, 4) is 0 Å². The highest BCUT2D eigenvalue weighted by Gasteiger charge is 2.58. The minimum absolute atomic E-state index is 2.00. The molecule has 3 N–H and O–H groups in total. The highest BCUT2D eigenvalue weighted by atomic mass is 31.1. The van der Waals surface area contributed by atoms with Gasteiger partial charge < -0.3 is 30.0 Å². The van der Waals surface area contributed by atoms with Crippen LogP contribution < -0.4 is 14.7 Å². The fourth-order valence-electron chi connectivity index (χ4n) is 1.83. The van der Waals surface area contributed by atoms with Crippen LogP contribution in [0.2, 0.25) is 0 Å². The quantitative estimate of drug-likeness (QED) is 0.388. The molecule has 0 saturated heterocycles. The summed E-state index contributed by atoms with van der Waals surface area (Å²) < 4.78 is 44.4. The minimum atomic E-state index is -3.64. The van der Waals surface area contributed by atoms with E-state index in [0.717, 1.165) is 0 Å². The summed E-state index contributed by atoms with van der Waals surface area (Å²) in [6.45, 7) is 0. The van der Waals surface area contributed by atoms with Crippen LogP contribution in [0.15, 0.2) is 0 Å². The van der Waals surface area contributed by atoms with Crippen molar-refractivity contribution < 1.29 is 57.3 Å². The number of aliphatic hydroxyl groups is 3. The lowest BCUT2D eigenvalue weighted by molar-refractivity contribution is -0.253. The van der Waals surface area contributed by atoms with Crippen molar-refractivity contribution in [2.75, 3.05) is 0 Å². The van der Waals surface area contributed by atoms with Crippen LogP contribution >= 0.6 is 24.8 Å². The first kappa shape index (κ1) is 19.0. The number of aliphatic hydroxyl groups excluding tert-OH is 3. The molecule has 9 atom stereocenters. The van der Waals surface area contributed by atoms with Crippen molar-refractivity contribution in [2.45, 2.75) is 36.6 Å². The molecule has 0 amide bonds. The molecule has 0 radical (unpaired) electrons. The van der Waals surface area contributed by atoms with Gasteiger partial charge in [-0.2, -0.15) is 0 Å². The van der Waals surface area contributed by atoms with Gasteiger partial charge in [-0.15, -0.1) is 13.6 Å². The zero-order valence-electron chi connectivity index (χ0n) is 9.82. The largest absolute Gasteiger partial charge is 0.566 e. The predicted octanol–water partition coefficient (Wildman–Crippen LogP) is -3.71. The second kappa shape index (κ2) is 7.98. The van der Waals surface area contributed by atoms with E-state index in [2.05, 4.69) is 13.6 Å². The molecule has 120 valence electrons. The van der Waals surface area contributed by atoms with Gasteiger partial charge in [-0.25, -0.2) is 0 Å². The lowest BCUT2D eigenvalue weighted by Gasteiger charge is -2.38. The molecule has 1 aliphatic carbocycles. The van der Waals surface area contributed by atoms with Gasteiger partial charge in [-0.05, 0) is 13.7 Å². The SMILES string of the molecule is O=[P+]([O-])OC1[C@@H](O[P+](=O)[O-])[C@H](O)C(O)[C@H](O)[C@@H]1O[P+](=O)[O-]. The monoisotopic (exact) mass is 366 g/mol. The molecule has 0 aromatic rings. The van der Waals surface area contributed by atoms with E-state index in [0.29, 0.717) is 0 Å². The molecule has 5 unspecified atom stereocenters. The van der Waals surface area contributed by atoms with Crippen LogP contribution in [-0.2, 0) is 27.3 Å². The number of hydrogen-bond donors (Lipinski definition) is 3. The summed E-state index contributed by atoms with van der Waals surface area (Å²) >= 11 is 0. The second-order valence-corrected chi connectivity index (χ2v) is 5.83. The van der Waals surface area contributed by atoms with E-state index in [1.807, 2.05) is 0 Å². The molecule has 12 nitrogen and oxygen atoms in total. The fourth-order valence-corrected chi connectivity index (χ4v) is 3.15. The molecule has 1 fully saturated rings. The van der Waals surface area contributed by atoms with Crippen LogP contribution in [0.1, 0.15) is 0 Å². The van der Waals surface area contributed by atoms with Crippen LogP contribution in [0.3, 0.4) is 0 Å². The highest BCUT2D eigenvalue weighted by molar-refractivity contribution is 7.31. The third kappa shape index (κ3) is 4.97. The van der Waals surface area contributed by atoms with Crippen molar-refractivity contribution in [3.63, 3.8) is 0 Å². The van der Waals surface area contributed by atoms with E-state index < -0.39 is 61.4 Å². The third-order valence-electron chi connectivity index (χ3n) is 2.64. The molecule has 0 bridgehead atoms. The Bertz CT molecular complexity index is 399. The summed E-state index contributed by atoms with van der Waals surface area (Å²) in [4.78, 5) is 31.7. The summed E-state index contributed by atoms with van der Waals surface area (Å²) in [5.74, 6) is 0. The van der Waals surface area contributed by atoms with E-state index in [-0.39, 0.29) is 0 Å². The van der Waals surface area contributed by atoms with Gasteiger partial charge in [0.05, 0.1) is 0 Å². The van der Waals surface area contributed by atoms with Crippen LogP contribution in [-0.4, -0.2) is 51.9 Å². The Kier molecular flexibility index (Phi) is 7.21. The molecule has 15 heteroatoms. The molecule has 0 heterocycles. The van der Waals surface area contributed by atoms with E-state index >= 15 is 0 Å². The molecule has 1 aliphatic rings. The predicted molar refractivity (Wildman–Crippen MR) is 55.5 cm³/mol. The maximum Gasteiger partial charge on any atom is 0.488 e. The first-order chi connectivity index (χ1) is 9.65. The maximum absolute atomic E-state index is 10.6. The van der Waals surface area contributed by atoms with Crippen molar-refractivity contribution in [1.82, 2.24) is 0 Å². The summed E-state index contributed by atoms with van der Waals surface area (Å²) in [6.07, 6.45) is -12.2. The Morgan fingerprint density at radius 2 is 0.905 bits per heavy atom. The third-order valence-corrected chi connectivity index (χ3v) is 3.89. The Balaban J connectivity index is 3.13. The van der Waals surface area contributed by atoms with Gasteiger partial charge in [0.1, 0.15) is 18.3 Å². The lowest BCUT2D eigenvalue weighted by atomic mass is 9.85. The zero-order chi connectivity index (χ0) is 16.3. The minimum Gasteiger partial charge on any atom is -0.566 e.